The first-order chi connectivity index (χ1) is 20.2. The highest BCUT2D eigenvalue weighted by atomic mass is 15.1. The highest BCUT2D eigenvalue weighted by molar-refractivity contribution is 6.20. The van der Waals surface area contributed by atoms with E-state index in [0.29, 0.717) is 13.1 Å². The second-order valence-corrected chi connectivity index (χ2v) is 10.5. The lowest BCUT2D eigenvalue weighted by Crippen LogP contribution is -2.36. The molecule has 3 heteroatoms. The van der Waals surface area contributed by atoms with E-state index < -0.39 is 0 Å². The van der Waals surface area contributed by atoms with E-state index in [1.54, 1.807) is 0 Å². The van der Waals surface area contributed by atoms with Crippen molar-refractivity contribution in [3.8, 4) is 11.1 Å². The predicted octanol–water partition coefficient (Wildman–Crippen LogP) is 6.66. The van der Waals surface area contributed by atoms with E-state index >= 15 is 0 Å². The smallest absolute Gasteiger partial charge is 0.0127 e. The van der Waals surface area contributed by atoms with Gasteiger partial charge in [-0.2, -0.15) is 0 Å². The van der Waals surface area contributed by atoms with Crippen molar-refractivity contribution >= 4 is 44.5 Å². The van der Waals surface area contributed by atoms with Crippen LogP contribution in [-0.4, -0.2) is 37.6 Å². The van der Waals surface area contributed by atoms with Crippen LogP contribution in [0.1, 0.15) is 44.2 Å². The first-order valence-corrected chi connectivity index (χ1v) is 15.1. The molecule has 0 heterocycles. The molecule has 6 rings (SSSR count). The second-order valence-electron chi connectivity index (χ2n) is 10.5. The number of rotatable bonds is 8. The highest BCUT2D eigenvalue weighted by Crippen LogP contribution is 2.53. The lowest BCUT2D eigenvalue weighted by atomic mass is 9.86. The molecule has 0 amide bonds. The normalized spacial score (nSPS) is 14.9. The summed E-state index contributed by atoms with van der Waals surface area (Å²) < 4.78 is 0. The van der Waals surface area contributed by atoms with Crippen LogP contribution in [0, 0.1) is 0 Å². The summed E-state index contributed by atoms with van der Waals surface area (Å²) in [4.78, 5) is 2.42. The maximum atomic E-state index is 5.99. The van der Waals surface area contributed by atoms with Crippen LogP contribution in [0.3, 0.4) is 0 Å². The summed E-state index contributed by atoms with van der Waals surface area (Å²) in [7, 11) is 0. The fraction of sp³-hybridized carbons (Fsp3) is 0.263. The summed E-state index contributed by atoms with van der Waals surface area (Å²) in [5, 5.41) is 10.5. The molecular weight excluding hydrogens is 498 g/mol. The van der Waals surface area contributed by atoms with Crippen LogP contribution >= 0.6 is 0 Å². The third-order valence-electron chi connectivity index (χ3n) is 8.45. The van der Waals surface area contributed by atoms with Gasteiger partial charge in [0.2, 0.25) is 0 Å². The van der Waals surface area contributed by atoms with Crippen LogP contribution in [-0.2, 0) is 0 Å². The number of allylic oxidation sites excluding steroid dienone is 1. The number of hydrogen-bond acceptors (Lipinski definition) is 3. The van der Waals surface area contributed by atoms with E-state index in [4.69, 9.17) is 11.5 Å². The minimum Gasteiger partial charge on any atom is -0.329 e. The summed E-state index contributed by atoms with van der Waals surface area (Å²) in [6, 6.07) is 26.8. The van der Waals surface area contributed by atoms with Gasteiger partial charge in [0, 0.05) is 32.1 Å². The molecule has 1 aliphatic rings. The second kappa shape index (κ2) is 12.8. The summed E-state index contributed by atoms with van der Waals surface area (Å²) in [5.41, 5.74) is 17.7. The Labute approximate surface area is 244 Å². The first kappa shape index (κ1) is 28.8. The van der Waals surface area contributed by atoms with Crippen LogP contribution in [0.5, 0.6) is 0 Å². The van der Waals surface area contributed by atoms with Gasteiger partial charge in [0.05, 0.1) is 0 Å². The van der Waals surface area contributed by atoms with Gasteiger partial charge in [-0.25, -0.2) is 0 Å². The zero-order valence-corrected chi connectivity index (χ0v) is 24.8. The van der Waals surface area contributed by atoms with Crippen LogP contribution in [0.4, 0.5) is 0 Å². The van der Waals surface area contributed by atoms with Gasteiger partial charge < -0.3 is 16.4 Å². The van der Waals surface area contributed by atoms with Crippen LogP contribution in [0.15, 0.2) is 85.5 Å². The molecule has 0 fully saturated rings. The summed E-state index contributed by atoms with van der Waals surface area (Å²) >= 11 is 0. The van der Waals surface area contributed by atoms with Crippen molar-refractivity contribution in [2.75, 3.05) is 32.7 Å². The van der Waals surface area contributed by atoms with E-state index in [-0.39, 0.29) is 5.92 Å². The van der Waals surface area contributed by atoms with E-state index in [1.807, 2.05) is 19.9 Å². The van der Waals surface area contributed by atoms with E-state index in [0.717, 1.165) is 26.1 Å². The van der Waals surface area contributed by atoms with Crippen molar-refractivity contribution in [2.45, 2.75) is 33.1 Å². The zero-order valence-electron chi connectivity index (χ0n) is 24.8. The van der Waals surface area contributed by atoms with Crippen molar-refractivity contribution in [3.63, 3.8) is 0 Å². The monoisotopic (exact) mass is 541 g/mol. The van der Waals surface area contributed by atoms with Gasteiger partial charge >= 0.3 is 0 Å². The fourth-order valence-electron chi connectivity index (χ4n) is 6.99. The molecule has 3 nitrogen and oxygen atoms in total. The Balaban J connectivity index is 0.00000165. The molecule has 0 saturated carbocycles. The molecule has 0 spiro atoms. The summed E-state index contributed by atoms with van der Waals surface area (Å²) in [5.74, 6) is 0.247. The molecule has 5 aromatic carbocycles. The maximum absolute atomic E-state index is 5.99. The van der Waals surface area contributed by atoms with Crippen molar-refractivity contribution in [2.24, 2.45) is 11.5 Å². The first-order valence-electron chi connectivity index (χ1n) is 15.1. The molecule has 4 N–H and O–H groups in total. The largest absolute Gasteiger partial charge is 0.329 e. The number of hydrogen-bond donors (Lipinski definition) is 2. The number of fused-ring (bicyclic) bond motifs is 10. The standard InChI is InChI=1S/C36H37N3.C2H6/c1-3-11-28-24(4-2)25-12-5-9-16-30(25)35-33(28)32(18-21-39(22-19-37)23-20-38)34-29-15-8-6-13-26(29)27-14-7-10-17-31(27)36(34)35;1-2/h3-17,32H,1,18-23,37-38H2,2H3;1-2H3/b24-4-,28-11+;. The van der Waals surface area contributed by atoms with Crippen LogP contribution < -0.4 is 21.9 Å². The minimum absolute atomic E-state index is 0.247. The van der Waals surface area contributed by atoms with Gasteiger partial charge in [0.1, 0.15) is 0 Å². The van der Waals surface area contributed by atoms with Gasteiger partial charge in [0.25, 0.3) is 0 Å². The Kier molecular flexibility index (Phi) is 8.99. The summed E-state index contributed by atoms with van der Waals surface area (Å²) in [6.45, 7) is 14.2. The van der Waals surface area contributed by atoms with Crippen molar-refractivity contribution in [3.05, 3.63) is 107 Å². The summed E-state index contributed by atoms with van der Waals surface area (Å²) in [6.07, 6.45) is 7.44. The molecule has 0 aromatic heterocycles. The van der Waals surface area contributed by atoms with Gasteiger partial charge in [-0.15, -0.1) is 0 Å². The zero-order chi connectivity index (χ0) is 28.9. The van der Waals surface area contributed by atoms with Crippen LogP contribution in [0.25, 0.3) is 55.6 Å². The maximum Gasteiger partial charge on any atom is 0.0127 e. The Bertz CT molecular complexity index is 1830. The van der Waals surface area contributed by atoms with E-state index in [2.05, 4.69) is 103 Å². The average molecular weight is 542 g/mol. The van der Waals surface area contributed by atoms with Gasteiger partial charge in [-0.05, 0) is 84.9 Å². The molecular formula is C38H43N3. The van der Waals surface area contributed by atoms with E-state index in [9.17, 15) is 0 Å². The predicted molar refractivity (Wildman–Crippen MR) is 181 cm³/mol. The molecule has 0 radical (unpaired) electrons. The van der Waals surface area contributed by atoms with Crippen molar-refractivity contribution in [1.82, 2.24) is 4.90 Å². The quantitative estimate of drug-likeness (QED) is 0.216. The SMILES string of the molecule is C=C/C=c1/c2c(c3ccccc3/c1=C/C)-c1c(c3ccccc3c3ccccc13)C2CCN(CCN)CCN.CC. The molecule has 1 atom stereocenters. The Hall–Kier alpha value is -3.76. The topological polar surface area (TPSA) is 55.3 Å². The molecule has 1 aliphatic carbocycles. The minimum atomic E-state index is 0.247. The number of benzene rings is 5. The fourth-order valence-corrected chi connectivity index (χ4v) is 6.99. The van der Waals surface area contributed by atoms with Gasteiger partial charge in [-0.1, -0.05) is 111 Å². The third kappa shape index (κ3) is 4.89. The molecule has 0 aliphatic heterocycles. The number of nitrogens with two attached hydrogens (primary N) is 2. The van der Waals surface area contributed by atoms with Crippen molar-refractivity contribution < 1.29 is 0 Å². The highest BCUT2D eigenvalue weighted by Gasteiger charge is 2.35. The van der Waals surface area contributed by atoms with E-state index in [1.165, 1.54) is 65.0 Å². The molecule has 0 bridgehead atoms. The van der Waals surface area contributed by atoms with Crippen molar-refractivity contribution in [1.29, 1.82) is 0 Å². The molecule has 5 aromatic rings. The van der Waals surface area contributed by atoms with Gasteiger partial charge in [-0.3, -0.25) is 0 Å². The lowest BCUT2D eigenvalue weighted by Gasteiger charge is -2.24. The Morgan fingerprint density at radius 3 is 1.71 bits per heavy atom. The molecule has 1 unspecified atom stereocenters. The van der Waals surface area contributed by atoms with Crippen LogP contribution in [0.2, 0.25) is 0 Å². The molecule has 210 valence electrons. The average Bonchev–Trinajstić information content (AvgIpc) is 3.37. The number of nitrogens with zero attached hydrogens (tertiary/aromatic N) is 1. The van der Waals surface area contributed by atoms with Gasteiger partial charge in [0.15, 0.2) is 0 Å². The lowest BCUT2D eigenvalue weighted by molar-refractivity contribution is 0.281. The third-order valence-corrected chi connectivity index (χ3v) is 8.45. The Morgan fingerprint density at radius 2 is 1.15 bits per heavy atom. The molecule has 41 heavy (non-hydrogen) atoms. The Morgan fingerprint density at radius 1 is 0.659 bits per heavy atom. The molecule has 0 saturated heterocycles.